The number of hydrogen-bond donors (Lipinski definition) is 1. The molecule has 0 saturated heterocycles. The van der Waals surface area contributed by atoms with Crippen molar-refractivity contribution in [2.24, 2.45) is 0 Å². The molecule has 3 heteroatoms. The average Bonchev–Trinajstić information content (AvgIpc) is 2.58. The summed E-state index contributed by atoms with van der Waals surface area (Å²) < 4.78 is 6.83. The lowest BCUT2D eigenvalue weighted by Crippen LogP contribution is -2.22. The first-order valence-electron chi connectivity index (χ1n) is 7.71. The van der Waals surface area contributed by atoms with Crippen molar-refractivity contribution in [3.63, 3.8) is 0 Å². The number of benzene rings is 2. The number of ether oxygens (including phenoxy) is 1. The number of aliphatic hydroxyl groups excluding tert-OH is 1. The minimum Gasteiger partial charge on any atom is -0.393 e. The van der Waals surface area contributed by atoms with E-state index in [9.17, 15) is 5.11 Å². The highest BCUT2D eigenvalue weighted by Crippen LogP contribution is 2.14. The molecule has 0 amide bonds. The summed E-state index contributed by atoms with van der Waals surface area (Å²) in [5.74, 6) is 0. The molecule has 22 heavy (non-hydrogen) atoms. The Balaban J connectivity index is 1.72. The van der Waals surface area contributed by atoms with E-state index in [1.54, 1.807) is 0 Å². The van der Waals surface area contributed by atoms with Crippen molar-refractivity contribution in [2.75, 3.05) is 4.43 Å². The van der Waals surface area contributed by atoms with Crippen LogP contribution < -0.4 is 0 Å². The Hall–Kier alpha value is -0.910. The summed E-state index contributed by atoms with van der Waals surface area (Å²) in [5, 5.41) is 10.2. The van der Waals surface area contributed by atoms with Gasteiger partial charge >= 0.3 is 0 Å². The highest BCUT2D eigenvalue weighted by molar-refractivity contribution is 14.1. The number of hydrogen-bond acceptors (Lipinski definition) is 2. The summed E-state index contributed by atoms with van der Waals surface area (Å²) in [6, 6.07) is 20.5. The zero-order valence-corrected chi connectivity index (χ0v) is 14.9. The third kappa shape index (κ3) is 6.46. The van der Waals surface area contributed by atoms with Gasteiger partial charge in [-0.1, -0.05) is 83.3 Å². The van der Waals surface area contributed by atoms with Crippen LogP contribution in [0.2, 0.25) is 0 Å². The van der Waals surface area contributed by atoms with Gasteiger partial charge in [0, 0.05) is 10.8 Å². The van der Waals surface area contributed by atoms with Crippen LogP contribution in [0.25, 0.3) is 0 Å². The minimum atomic E-state index is -0.309. The lowest BCUT2D eigenvalue weighted by atomic mass is 10.0. The first-order chi connectivity index (χ1) is 10.8. The van der Waals surface area contributed by atoms with Gasteiger partial charge in [-0.2, -0.15) is 0 Å². The molecule has 0 aliphatic rings. The predicted octanol–water partition coefficient (Wildman–Crippen LogP) is 4.39. The molecule has 0 aromatic heterocycles. The highest BCUT2D eigenvalue weighted by atomic mass is 127. The van der Waals surface area contributed by atoms with E-state index in [4.69, 9.17) is 4.74 Å². The Labute approximate surface area is 146 Å². The fourth-order valence-corrected chi connectivity index (χ4v) is 2.98. The Morgan fingerprint density at radius 2 is 1.50 bits per heavy atom. The lowest BCUT2D eigenvalue weighted by molar-refractivity contribution is 0.0172. The topological polar surface area (TPSA) is 29.5 Å². The smallest absolute Gasteiger partial charge is 0.0721 e. The molecule has 2 aromatic carbocycles. The molecule has 2 atom stereocenters. The van der Waals surface area contributed by atoms with Crippen LogP contribution in [-0.2, 0) is 17.8 Å². The van der Waals surface area contributed by atoms with Crippen LogP contribution >= 0.6 is 22.6 Å². The molecule has 0 unspecified atom stereocenters. The number of aryl methyl sites for hydroxylation is 1. The molecule has 0 bridgehead atoms. The molecular formula is C19H23IO2. The SMILES string of the molecule is O[C@H](CCc1ccccc1)C[C@H](CI)OCc1ccccc1. The molecule has 0 saturated carbocycles. The molecule has 2 rings (SSSR count). The van der Waals surface area contributed by atoms with Crippen LogP contribution in [0.15, 0.2) is 60.7 Å². The van der Waals surface area contributed by atoms with E-state index >= 15 is 0 Å². The summed E-state index contributed by atoms with van der Waals surface area (Å²) in [5.41, 5.74) is 2.45. The Kier molecular flexibility index (Phi) is 7.91. The maximum Gasteiger partial charge on any atom is 0.0721 e. The largest absolute Gasteiger partial charge is 0.393 e. The standard InChI is InChI=1S/C19H23IO2/c20-14-19(22-15-17-9-5-2-6-10-17)13-18(21)12-11-16-7-3-1-4-8-16/h1-10,18-19,21H,11-15H2/t18-,19-/m1/s1. The van der Waals surface area contributed by atoms with Crippen LogP contribution in [0, 0.1) is 0 Å². The van der Waals surface area contributed by atoms with Gasteiger partial charge in [-0.3, -0.25) is 0 Å². The van der Waals surface area contributed by atoms with E-state index in [0.717, 1.165) is 17.3 Å². The van der Waals surface area contributed by atoms with Crippen molar-refractivity contribution in [3.8, 4) is 0 Å². The summed E-state index contributed by atoms with van der Waals surface area (Å²) in [7, 11) is 0. The first kappa shape index (κ1) is 17.4. The zero-order chi connectivity index (χ0) is 15.6. The van der Waals surface area contributed by atoms with E-state index in [1.165, 1.54) is 11.1 Å². The normalized spacial score (nSPS) is 13.7. The summed E-state index contributed by atoms with van der Waals surface area (Å²) in [4.78, 5) is 0. The van der Waals surface area contributed by atoms with Crippen molar-refractivity contribution in [1.82, 2.24) is 0 Å². The van der Waals surface area contributed by atoms with Gasteiger partial charge in [0.25, 0.3) is 0 Å². The average molecular weight is 410 g/mol. The van der Waals surface area contributed by atoms with E-state index < -0.39 is 0 Å². The summed E-state index contributed by atoms with van der Waals surface area (Å²) >= 11 is 2.33. The van der Waals surface area contributed by atoms with Crippen molar-refractivity contribution < 1.29 is 9.84 Å². The molecule has 2 nitrogen and oxygen atoms in total. The molecule has 0 aliphatic carbocycles. The van der Waals surface area contributed by atoms with Crippen LogP contribution in [0.5, 0.6) is 0 Å². The molecule has 0 aliphatic heterocycles. The second-order valence-electron chi connectivity index (χ2n) is 5.49. The number of halogens is 1. The van der Waals surface area contributed by atoms with E-state index in [2.05, 4.69) is 46.9 Å². The molecule has 118 valence electrons. The Morgan fingerprint density at radius 3 is 2.09 bits per heavy atom. The van der Waals surface area contributed by atoms with E-state index in [1.807, 2.05) is 36.4 Å². The van der Waals surface area contributed by atoms with Crippen LogP contribution in [0.1, 0.15) is 24.0 Å². The van der Waals surface area contributed by atoms with Gasteiger partial charge in [0.2, 0.25) is 0 Å². The maximum absolute atomic E-state index is 10.2. The predicted molar refractivity (Wildman–Crippen MR) is 99.3 cm³/mol. The van der Waals surface area contributed by atoms with Crippen molar-refractivity contribution in [3.05, 3.63) is 71.8 Å². The third-order valence-corrected chi connectivity index (χ3v) is 4.63. The van der Waals surface area contributed by atoms with Crippen molar-refractivity contribution in [2.45, 2.75) is 38.1 Å². The van der Waals surface area contributed by atoms with E-state index in [0.29, 0.717) is 13.0 Å². The molecule has 1 N–H and O–H groups in total. The molecule has 2 aromatic rings. The van der Waals surface area contributed by atoms with Gasteiger partial charge in [0.1, 0.15) is 0 Å². The van der Waals surface area contributed by atoms with E-state index in [-0.39, 0.29) is 12.2 Å². The van der Waals surface area contributed by atoms with Gasteiger partial charge in [0.05, 0.1) is 18.8 Å². The minimum absolute atomic E-state index is 0.103. The van der Waals surface area contributed by atoms with Crippen LogP contribution in [0.4, 0.5) is 0 Å². The van der Waals surface area contributed by atoms with Crippen LogP contribution in [0.3, 0.4) is 0 Å². The second-order valence-corrected chi connectivity index (χ2v) is 6.37. The number of alkyl halides is 1. The molecule has 0 radical (unpaired) electrons. The molecule has 0 spiro atoms. The molecule has 0 fully saturated rings. The summed E-state index contributed by atoms with van der Waals surface area (Å²) in [6.07, 6.45) is 2.19. The number of rotatable bonds is 9. The molecular weight excluding hydrogens is 387 g/mol. The molecule has 0 heterocycles. The maximum atomic E-state index is 10.2. The fraction of sp³-hybridized carbons (Fsp3) is 0.368. The van der Waals surface area contributed by atoms with Crippen molar-refractivity contribution >= 4 is 22.6 Å². The first-order valence-corrected chi connectivity index (χ1v) is 9.24. The third-order valence-electron chi connectivity index (χ3n) is 3.64. The van der Waals surface area contributed by atoms with Crippen molar-refractivity contribution in [1.29, 1.82) is 0 Å². The van der Waals surface area contributed by atoms with Gasteiger partial charge in [-0.25, -0.2) is 0 Å². The number of aliphatic hydroxyl groups is 1. The van der Waals surface area contributed by atoms with Gasteiger partial charge < -0.3 is 9.84 Å². The summed E-state index contributed by atoms with van der Waals surface area (Å²) in [6.45, 7) is 0.611. The fourth-order valence-electron chi connectivity index (χ4n) is 2.36. The zero-order valence-electron chi connectivity index (χ0n) is 12.7. The quantitative estimate of drug-likeness (QED) is 0.491. The highest BCUT2D eigenvalue weighted by Gasteiger charge is 2.14. The second kappa shape index (κ2) is 9.98. The lowest BCUT2D eigenvalue weighted by Gasteiger charge is -2.19. The van der Waals surface area contributed by atoms with Crippen LogP contribution in [-0.4, -0.2) is 21.7 Å². The van der Waals surface area contributed by atoms with Gasteiger partial charge in [-0.05, 0) is 24.0 Å². The van der Waals surface area contributed by atoms with Gasteiger partial charge in [-0.15, -0.1) is 0 Å². The van der Waals surface area contributed by atoms with Gasteiger partial charge in [0.15, 0.2) is 0 Å². The Morgan fingerprint density at radius 1 is 0.909 bits per heavy atom. The Bertz CT molecular complexity index is 515. The monoisotopic (exact) mass is 410 g/mol.